The van der Waals surface area contributed by atoms with Gasteiger partial charge in [-0.1, -0.05) is 17.3 Å². The number of nitrogens with one attached hydrogen (secondary N) is 1. The summed E-state index contributed by atoms with van der Waals surface area (Å²) < 4.78 is 2.39. The topological polar surface area (TPSA) is 100 Å². The second-order valence-electron chi connectivity index (χ2n) is 6.55. The number of carbonyl (C=O) groups is 2. The zero-order valence-corrected chi connectivity index (χ0v) is 16.5. The summed E-state index contributed by atoms with van der Waals surface area (Å²) in [5.41, 5.74) is 2.07. The summed E-state index contributed by atoms with van der Waals surface area (Å²) in [4.78, 5) is 26.4. The number of carboxylic acids is 1. The minimum atomic E-state index is -1.15. The fourth-order valence-corrected chi connectivity index (χ4v) is 3.93. The van der Waals surface area contributed by atoms with Crippen molar-refractivity contribution >= 4 is 44.7 Å². The Kier molecular flexibility index (Phi) is 4.73. The standard InChI is InChI=1S/C20H17N5O3S/c1-24(2)16-7-4-8-17-14(16)10-18(29-17)19(26)21-12-5-3-6-13(9-12)25-11-15(20(27)28)22-23-25/h3-11H,1-2H3,(H,21,26)(H,27,28). The summed E-state index contributed by atoms with van der Waals surface area (Å²) in [7, 11) is 3.94. The number of hydrogen-bond acceptors (Lipinski definition) is 6. The number of fused-ring (bicyclic) bond motifs is 1. The van der Waals surface area contributed by atoms with Crippen molar-refractivity contribution in [1.82, 2.24) is 15.0 Å². The van der Waals surface area contributed by atoms with Crippen LogP contribution in [0.4, 0.5) is 11.4 Å². The third kappa shape index (κ3) is 3.67. The number of benzene rings is 2. The van der Waals surface area contributed by atoms with Gasteiger partial charge in [-0.05, 0) is 36.4 Å². The number of carbonyl (C=O) groups excluding carboxylic acids is 1. The molecule has 0 aliphatic carbocycles. The van der Waals surface area contributed by atoms with E-state index in [2.05, 4.69) is 15.6 Å². The highest BCUT2D eigenvalue weighted by Crippen LogP contribution is 2.33. The largest absolute Gasteiger partial charge is 0.476 e. The van der Waals surface area contributed by atoms with Gasteiger partial charge in [0.2, 0.25) is 0 Å². The van der Waals surface area contributed by atoms with E-state index in [9.17, 15) is 9.59 Å². The molecular weight excluding hydrogens is 390 g/mol. The monoisotopic (exact) mass is 407 g/mol. The van der Waals surface area contributed by atoms with E-state index in [0.29, 0.717) is 16.3 Å². The second kappa shape index (κ2) is 7.36. The van der Waals surface area contributed by atoms with Crippen molar-refractivity contribution < 1.29 is 14.7 Å². The normalized spacial score (nSPS) is 10.8. The van der Waals surface area contributed by atoms with Gasteiger partial charge in [0.25, 0.3) is 5.91 Å². The van der Waals surface area contributed by atoms with E-state index < -0.39 is 5.97 Å². The first-order valence-corrected chi connectivity index (χ1v) is 9.51. The molecule has 9 heteroatoms. The van der Waals surface area contributed by atoms with Gasteiger partial charge in [-0.15, -0.1) is 16.4 Å². The van der Waals surface area contributed by atoms with E-state index in [1.165, 1.54) is 22.2 Å². The molecule has 0 spiro atoms. The van der Waals surface area contributed by atoms with Gasteiger partial charge < -0.3 is 15.3 Å². The first-order chi connectivity index (χ1) is 13.9. The lowest BCUT2D eigenvalue weighted by atomic mass is 10.2. The van der Waals surface area contributed by atoms with Crippen LogP contribution in [-0.4, -0.2) is 46.1 Å². The Hall–Kier alpha value is -3.72. The lowest BCUT2D eigenvalue weighted by molar-refractivity contribution is 0.0690. The van der Waals surface area contributed by atoms with Crippen LogP contribution in [0.1, 0.15) is 20.2 Å². The third-order valence-corrected chi connectivity index (χ3v) is 5.42. The highest BCUT2D eigenvalue weighted by atomic mass is 32.1. The molecule has 29 heavy (non-hydrogen) atoms. The number of carboxylic acid groups (broad SMARTS) is 1. The maximum atomic E-state index is 12.8. The van der Waals surface area contributed by atoms with Crippen LogP contribution < -0.4 is 10.2 Å². The van der Waals surface area contributed by atoms with Crippen LogP contribution in [0, 0.1) is 0 Å². The van der Waals surface area contributed by atoms with Crippen molar-refractivity contribution in [1.29, 1.82) is 0 Å². The fraction of sp³-hybridized carbons (Fsp3) is 0.100. The Morgan fingerprint density at radius 3 is 2.66 bits per heavy atom. The molecule has 0 aliphatic rings. The quantitative estimate of drug-likeness (QED) is 0.525. The Balaban J connectivity index is 1.59. The van der Waals surface area contributed by atoms with Crippen molar-refractivity contribution in [2.45, 2.75) is 0 Å². The molecule has 2 aromatic heterocycles. The molecule has 0 bridgehead atoms. The molecule has 1 amide bonds. The highest BCUT2D eigenvalue weighted by Gasteiger charge is 2.14. The lowest BCUT2D eigenvalue weighted by Gasteiger charge is -2.13. The molecule has 4 aromatic rings. The molecule has 146 valence electrons. The van der Waals surface area contributed by atoms with Crippen molar-refractivity contribution in [3.63, 3.8) is 0 Å². The van der Waals surface area contributed by atoms with E-state index in [4.69, 9.17) is 5.11 Å². The van der Waals surface area contributed by atoms with Crippen LogP contribution in [-0.2, 0) is 0 Å². The van der Waals surface area contributed by atoms with Gasteiger partial charge in [0, 0.05) is 35.6 Å². The number of amides is 1. The number of thiophene rings is 1. The first kappa shape index (κ1) is 18.6. The molecule has 0 atom stereocenters. The van der Waals surface area contributed by atoms with Crippen LogP contribution in [0.25, 0.3) is 15.8 Å². The van der Waals surface area contributed by atoms with Crippen LogP contribution in [0.3, 0.4) is 0 Å². The van der Waals surface area contributed by atoms with Crippen LogP contribution >= 0.6 is 11.3 Å². The van der Waals surface area contributed by atoms with Gasteiger partial charge in [-0.25, -0.2) is 9.48 Å². The molecular formula is C20H17N5O3S. The lowest BCUT2D eigenvalue weighted by Crippen LogP contribution is -2.10. The summed E-state index contributed by atoms with van der Waals surface area (Å²) >= 11 is 1.43. The van der Waals surface area contributed by atoms with E-state index in [1.54, 1.807) is 24.3 Å². The van der Waals surface area contributed by atoms with E-state index in [-0.39, 0.29) is 11.6 Å². The predicted molar refractivity (Wildman–Crippen MR) is 112 cm³/mol. The molecule has 0 unspecified atom stereocenters. The molecule has 0 radical (unpaired) electrons. The molecule has 0 fully saturated rings. The first-order valence-electron chi connectivity index (χ1n) is 8.69. The Labute approximate surface area is 170 Å². The van der Waals surface area contributed by atoms with Crippen LogP contribution in [0.5, 0.6) is 0 Å². The minimum absolute atomic E-state index is 0.151. The van der Waals surface area contributed by atoms with Gasteiger partial charge in [0.1, 0.15) is 0 Å². The maximum absolute atomic E-state index is 12.8. The van der Waals surface area contributed by atoms with Crippen molar-refractivity contribution in [3.05, 3.63) is 65.3 Å². The zero-order valence-electron chi connectivity index (χ0n) is 15.7. The smallest absolute Gasteiger partial charge is 0.358 e. The molecule has 4 rings (SSSR count). The SMILES string of the molecule is CN(C)c1cccc2sc(C(=O)Nc3cccc(-n4cc(C(=O)O)nn4)c3)cc12. The molecule has 2 aromatic carbocycles. The summed E-state index contributed by atoms with van der Waals surface area (Å²) in [5, 5.41) is 20.3. The minimum Gasteiger partial charge on any atom is -0.476 e. The van der Waals surface area contributed by atoms with Crippen molar-refractivity contribution in [2.24, 2.45) is 0 Å². The van der Waals surface area contributed by atoms with Crippen molar-refractivity contribution in [2.75, 3.05) is 24.3 Å². The maximum Gasteiger partial charge on any atom is 0.358 e. The van der Waals surface area contributed by atoms with Gasteiger partial charge >= 0.3 is 5.97 Å². The van der Waals surface area contributed by atoms with Gasteiger partial charge in [-0.3, -0.25) is 4.79 Å². The molecule has 0 saturated heterocycles. The molecule has 0 aliphatic heterocycles. The highest BCUT2D eigenvalue weighted by molar-refractivity contribution is 7.21. The summed E-state index contributed by atoms with van der Waals surface area (Å²) in [6, 6.07) is 14.8. The number of aromatic carboxylic acids is 1. The van der Waals surface area contributed by atoms with Crippen LogP contribution in [0.2, 0.25) is 0 Å². The summed E-state index contributed by atoms with van der Waals surface area (Å²) in [5.74, 6) is -1.36. The van der Waals surface area contributed by atoms with Gasteiger partial charge in [0.05, 0.1) is 16.8 Å². The molecule has 2 N–H and O–H groups in total. The molecule has 2 heterocycles. The average molecular weight is 407 g/mol. The molecule has 8 nitrogen and oxygen atoms in total. The average Bonchev–Trinajstić information content (AvgIpc) is 3.35. The van der Waals surface area contributed by atoms with Gasteiger partial charge in [0.15, 0.2) is 5.69 Å². The van der Waals surface area contributed by atoms with E-state index >= 15 is 0 Å². The fourth-order valence-electron chi connectivity index (χ4n) is 2.95. The Morgan fingerprint density at radius 2 is 1.93 bits per heavy atom. The number of aromatic nitrogens is 3. The number of hydrogen-bond donors (Lipinski definition) is 2. The van der Waals surface area contributed by atoms with Crippen LogP contribution in [0.15, 0.2) is 54.7 Å². The summed E-state index contributed by atoms with van der Waals surface area (Å²) in [6.07, 6.45) is 1.32. The number of rotatable bonds is 5. The Bertz CT molecular complexity index is 1230. The van der Waals surface area contributed by atoms with E-state index in [1.807, 2.05) is 43.3 Å². The zero-order chi connectivity index (χ0) is 20.5. The summed E-state index contributed by atoms with van der Waals surface area (Å²) in [6.45, 7) is 0. The predicted octanol–water partition coefficient (Wildman–Crippen LogP) is 3.50. The van der Waals surface area contributed by atoms with E-state index in [0.717, 1.165) is 15.8 Å². The third-order valence-electron chi connectivity index (χ3n) is 4.33. The Morgan fingerprint density at radius 1 is 1.14 bits per heavy atom. The number of anilines is 2. The van der Waals surface area contributed by atoms with Gasteiger partial charge in [-0.2, -0.15) is 0 Å². The molecule has 0 saturated carbocycles. The second-order valence-corrected chi connectivity index (χ2v) is 7.64. The van der Waals surface area contributed by atoms with Crippen molar-refractivity contribution in [3.8, 4) is 5.69 Å². The number of nitrogens with zero attached hydrogens (tertiary/aromatic N) is 4.